The van der Waals surface area contributed by atoms with E-state index in [9.17, 15) is 4.79 Å². The van der Waals surface area contributed by atoms with Crippen molar-refractivity contribution in [3.63, 3.8) is 0 Å². The first-order chi connectivity index (χ1) is 13.7. The number of amides is 1. The van der Waals surface area contributed by atoms with E-state index in [1.165, 1.54) is 0 Å². The highest BCUT2D eigenvalue weighted by Crippen LogP contribution is 2.49. The van der Waals surface area contributed by atoms with Gasteiger partial charge in [0.05, 0.1) is 0 Å². The number of aryl methyl sites for hydroxylation is 1. The van der Waals surface area contributed by atoms with Gasteiger partial charge in [0, 0.05) is 42.1 Å². The molecule has 1 aliphatic carbocycles. The van der Waals surface area contributed by atoms with Gasteiger partial charge in [0.15, 0.2) is 5.82 Å². The van der Waals surface area contributed by atoms with Crippen LogP contribution in [0.2, 0.25) is 0 Å². The molecule has 0 bridgehead atoms. The number of nitrogens with one attached hydrogen (secondary N) is 1. The molecular weight excluding hydrogens is 352 g/mol. The molecular formula is C21H20N6O. The van der Waals surface area contributed by atoms with E-state index in [4.69, 9.17) is 0 Å². The number of carbonyl (C=O) groups is 1. The van der Waals surface area contributed by atoms with Crippen molar-refractivity contribution in [3.05, 3.63) is 60.7 Å². The van der Waals surface area contributed by atoms with Gasteiger partial charge in [-0.2, -0.15) is 0 Å². The molecule has 2 aliphatic rings. The third kappa shape index (κ3) is 2.98. The summed E-state index contributed by atoms with van der Waals surface area (Å²) in [5.74, 6) is 1.82. The maximum absolute atomic E-state index is 13.1. The van der Waals surface area contributed by atoms with Gasteiger partial charge in [-0.3, -0.25) is 4.79 Å². The molecule has 1 amide bonds. The number of rotatable bonds is 4. The fourth-order valence-electron chi connectivity index (χ4n) is 4.01. The summed E-state index contributed by atoms with van der Waals surface area (Å²) < 4.78 is 0. The van der Waals surface area contributed by atoms with Gasteiger partial charge < -0.3 is 10.2 Å². The number of aromatic nitrogens is 4. The van der Waals surface area contributed by atoms with E-state index in [2.05, 4.69) is 30.2 Å². The molecule has 5 rings (SSSR count). The summed E-state index contributed by atoms with van der Waals surface area (Å²) in [7, 11) is 0. The van der Waals surface area contributed by atoms with E-state index in [0.29, 0.717) is 23.7 Å². The third-order valence-electron chi connectivity index (χ3n) is 5.50. The predicted octanol–water partition coefficient (Wildman–Crippen LogP) is 2.85. The number of anilines is 2. The molecule has 3 atom stereocenters. The number of benzene rings is 1. The Kier molecular flexibility index (Phi) is 4.00. The number of piperidine rings is 1. The molecule has 1 N–H and O–H groups in total. The smallest absolute Gasteiger partial charge is 0.247 e. The summed E-state index contributed by atoms with van der Waals surface area (Å²) in [5.41, 5.74) is 2.72. The lowest BCUT2D eigenvalue weighted by atomic mass is 10.1. The third-order valence-corrected chi connectivity index (χ3v) is 5.50. The molecule has 0 spiro atoms. The Bertz CT molecular complexity index is 1010. The van der Waals surface area contributed by atoms with Crippen LogP contribution in [-0.4, -0.2) is 37.9 Å². The van der Waals surface area contributed by atoms with Gasteiger partial charge in [-0.05, 0) is 55.5 Å². The summed E-state index contributed by atoms with van der Waals surface area (Å²) in [6.07, 6.45) is 8.83. The zero-order valence-electron chi connectivity index (χ0n) is 15.5. The van der Waals surface area contributed by atoms with Gasteiger partial charge in [-0.15, -0.1) is 0 Å². The van der Waals surface area contributed by atoms with Crippen molar-refractivity contribution in [2.24, 2.45) is 5.92 Å². The van der Waals surface area contributed by atoms with E-state index in [1.807, 2.05) is 25.1 Å². The van der Waals surface area contributed by atoms with Crippen LogP contribution in [-0.2, 0) is 4.79 Å². The minimum absolute atomic E-state index is 0.0246. The van der Waals surface area contributed by atoms with Crippen molar-refractivity contribution < 1.29 is 4.79 Å². The summed E-state index contributed by atoms with van der Waals surface area (Å²) in [6.45, 7) is 2.01. The molecule has 28 heavy (non-hydrogen) atoms. The molecule has 0 unspecified atom stereocenters. The van der Waals surface area contributed by atoms with Crippen LogP contribution >= 0.6 is 0 Å². The Hall–Kier alpha value is -3.35. The van der Waals surface area contributed by atoms with E-state index < -0.39 is 0 Å². The molecule has 3 aromatic rings. The van der Waals surface area contributed by atoms with Gasteiger partial charge in [-0.25, -0.2) is 19.9 Å². The van der Waals surface area contributed by atoms with Crippen molar-refractivity contribution >= 4 is 17.5 Å². The van der Waals surface area contributed by atoms with Crippen LogP contribution in [0.15, 0.2) is 55.1 Å². The van der Waals surface area contributed by atoms with Crippen molar-refractivity contribution in [2.75, 3.05) is 10.2 Å². The quantitative estimate of drug-likeness (QED) is 0.758. The highest BCUT2D eigenvalue weighted by atomic mass is 16.2. The molecule has 140 valence electrons. The average Bonchev–Trinajstić information content (AvgIpc) is 3.40. The average molecular weight is 372 g/mol. The molecule has 1 saturated heterocycles. The Balaban J connectivity index is 1.39. The van der Waals surface area contributed by atoms with Crippen molar-refractivity contribution in [2.45, 2.75) is 31.8 Å². The standard InChI is InChI=1S/C21H20N6O/c1-13-4-5-15(12-16(13)19-22-6-2-7-23-19)26-20(28)18-11-14-10-17(14)27(18)21-24-8-3-9-25-21/h2-9,12,14,17-18H,10-11H2,1H3,(H,26,28)/t14-,17-,18+/m0/s1. The fraction of sp³-hybridized carbons (Fsp3) is 0.286. The van der Waals surface area contributed by atoms with Gasteiger partial charge in [0.25, 0.3) is 0 Å². The lowest BCUT2D eigenvalue weighted by Crippen LogP contribution is -2.43. The van der Waals surface area contributed by atoms with Crippen LogP contribution < -0.4 is 10.2 Å². The Morgan fingerprint density at radius 2 is 1.75 bits per heavy atom. The minimum atomic E-state index is -0.246. The molecule has 2 fully saturated rings. The lowest BCUT2D eigenvalue weighted by Gasteiger charge is -2.26. The molecule has 2 aromatic heterocycles. The van der Waals surface area contributed by atoms with Crippen LogP contribution in [0.3, 0.4) is 0 Å². The number of nitrogens with zero attached hydrogens (tertiary/aromatic N) is 5. The predicted molar refractivity (Wildman–Crippen MR) is 106 cm³/mol. The zero-order valence-corrected chi connectivity index (χ0v) is 15.5. The fourth-order valence-corrected chi connectivity index (χ4v) is 4.01. The summed E-state index contributed by atoms with van der Waals surface area (Å²) in [5, 5.41) is 3.07. The van der Waals surface area contributed by atoms with Gasteiger partial charge in [0.2, 0.25) is 11.9 Å². The van der Waals surface area contributed by atoms with Crippen LogP contribution in [0.4, 0.5) is 11.6 Å². The number of hydrogen-bond acceptors (Lipinski definition) is 6. The number of carbonyl (C=O) groups excluding carboxylic acids is 1. The Labute approximate surface area is 162 Å². The van der Waals surface area contributed by atoms with E-state index in [0.717, 1.165) is 29.7 Å². The second kappa shape index (κ2) is 6.67. The highest BCUT2D eigenvalue weighted by molar-refractivity contribution is 5.98. The topological polar surface area (TPSA) is 83.9 Å². The number of hydrogen-bond donors (Lipinski definition) is 1. The maximum Gasteiger partial charge on any atom is 0.247 e. The van der Waals surface area contributed by atoms with Crippen LogP contribution in [0, 0.1) is 12.8 Å². The van der Waals surface area contributed by atoms with E-state index in [-0.39, 0.29) is 11.9 Å². The van der Waals surface area contributed by atoms with E-state index in [1.54, 1.807) is 36.9 Å². The van der Waals surface area contributed by atoms with Crippen LogP contribution in [0.1, 0.15) is 18.4 Å². The summed E-state index contributed by atoms with van der Waals surface area (Å²) in [6, 6.07) is 9.54. The van der Waals surface area contributed by atoms with Crippen LogP contribution in [0.5, 0.6) is 0 Å². The normalized spacial score (nSPS) is 22.6. The molecule has 0 radical (unpaired) electrons. The Morgan fingerprint density at radius 1 is 1.04 bits per heavy atom. The van der Waals surface area contributed by atoms with Gasteiger partial charge >= 0.3 is 0 Å². The van der Waals surface area contributed by atoms with Crippen molar-refractivity contribution in [1.29, 1.82) is 0 Å². The second-order valence-corrected chi connectivity index (χ2v) is 7.36. The summed E-state index contributed by atoms with van der Waals surface area (Å²) in [4.78, 5) is 32.5. The number of fused-ring (bicyclic) bond motifs is 1. The first-order valence-corrected chi connectivity index (χ1v) is 9.45. The van der Waals surface area contributed by atoms with Crippen LogP contribution in [0.25, 0.3) is 11.4 Å². The lowest BCUT2D eigenvalue weighted by molar-refractivity contribution is -0.117. The van der Waals surface area contributed by atoms with E-state index >= 15 is 0 Å². The molecule has 3 heterocycles. The van der Waals surface area contributed by atoms with Crippen molar-refractivity contribution in [3.8, 4) is 11.4 Å². The molecule has 7 heteroatoms. The first kappa shape index (κ1) is 16.8. The highest BCUT2D eigenvalue weighted by Gasteiger charge is 2.55. The molecule has 7 nitrogen and oxygen atoms in total. The Morgan fingerprint density at radius 3 is 2.50 bits per heavy atom. The molecule has 1 aromatic carbocycles. The second-order valence-electron chi connectivity index (χ2n) is 7.36. The van der Waals surface area contributed by atoms with Gasteiger partial charge in [0.1, 0.15) is 6.04 Å². The van der Waals surface area contributed by atoms with Gasteiger partial charge in [-0.1, -0.05) is 6.07 Å². The summed E-state index contributed by atoms with van der Waals surface area (Å²) >= 11 is 0. The molecule has 1 aliphatic heterocycles. The largest absolute Gasteiger partial charge is 0.325 e. The van der Waals surface area contributed by atoms with Crippen molar-refractivity contribution in [1.82, 2.24) is 19.9 Å². The SMILES string of the molecule is Cc1ccc(NC(=O)[C@H]2C[C@@H]3C[C@@H]3N2c2ncccn2)cc1-c1ncccn1. The minimum Gasteiger partial charge on any atom is -0.325 e. The molecule has 1 saturated carbocycles. The monoisotopic (exact) mass is 372 g/mol. The maximum atomic E-state index is 13.1. The zero-order chi connectivity index (χ0) is 19.1. The first-order valence-electron chi connectivity index (χ1n) is 9.45.